The Morgan fingerprint density at radius 2 is 1.80 bits per heavy atom. The van der Waals surface area contributed by atoms with Gasteiger partial charge in [0, 0.05) is 29.1 Å². The Hall–Kier alpha value is -2.58. The van der Waals surface area contributed by atoms with Crippen molar-refractivity contribution in [3.8, 4) is 5.75 Å². The van der Waals surface area contributed by atoms with Gasteiger partial charge in [-0.25, -0.2) is 0 Å². The van der Waals surface area contributed by atoms with E-state index in [-0.39, 0.29) is 18.7 Å². The Balaban J connectivity index is 1.78. The van der Waals surface area contributed by atoms with Crippen LogP contribution in [0.2, 0.25) is 5.02 Å². The van der Waals surface area contributed by atoms with Crippen molar-refractivity contribution in [2.24, 2.45) is 0 Å². The number of hydrazine groups is 1. The van der Waals surface area contributed by atoms with Gasteiger partial charge in [-0.3, -0.25) is 25.2 Å². The maximum absolute atomic E-state index is 12.2. The number of carbonyl (C=O) groups is 3. The maximum atomic E-state index is 12.2. The molecule has 0 aliphatic rings. The lowest BCUT2D eigenvalue weighted by molar-refractivity contribution is -0.124. The van der Waals surface area contributed by atoms with E-state index in [1.54, 1.807) is 43.3 Å². The summed E-state index contributed by atoms with van der Waals surface area (Å²) in [5.74, 6) is -0.653. The highest BCUT2D eigenvalue weighted by Gasteiger charge is 2.12. The number of hydrogen-bond acceptors (Lipinski definition) is 4. The zero-order chi connectivity index (χ0) is 22.1. The largest absolute Gasteiger partial charge is 0.492 e. The normalized spacial score (nSPS) is 10.3. The molecule has 30 heavy (non-hydrogen) atoms. The van der Waals surface area contributed by atoms with Gasteiger partial charge in [-0.15, -0.1) is 0 Å². The lowest BCUT2D eigenvalue weighted by atomic mass is 10.2. The number of hydrogen-bond donors (Lipinski definition) is 3. The fourth-order valence-electron chi connectivity index (χ4n) is 2.41. The molecular formula is C21H23BrClN3O4. The Bertz CT molecular complexity index is 936. The molecule has 0 unspecified atom stereocenters. The summed E-state index contributed by atoms with van der Waals surface area (Å²) in [7, 11) is 0. The third-order valence-electron chi connectivity index (χ3n) is 4.09. The van der Waals surface area contributed by atoms with Gasteiger partial charge in [0.1, 0.15) is 5.75 Å². The van der Waals surface area contributed by atoms with E-state index in [0.717, 1.165) is 12.0 Å². The average molecular weight is 497 g/mol. The highest BCUT2D eigenvalue weighted by Crippen LogP contribution is 2.26. The molecule has 0 bridgehead atoms. The standard InChI is InChI=1S/C21H23BrClN3O4/c1-3-11-30-18-8-7-14(12-15(18)22)21(29)26-25-20(28)10-9-19(27)24-17-6-4-5-16(23)13(17)2/h4-8,12H,3,9-11H2,1-2H3,(H,24,27)(H,25,28)(H,26,29). The fourth-order valence-corrected chi connectivity index (χ4v) is 3.08. The summed E-state index contributed by atoms with van der Waals surface area (Å²) in [5.41, 5.74) is 6.33. The van der Waals surface area contributed by atoms with Crippen molar-refractivity contribution >= 4 is 50.9 Å². The summed E-state index contributed by atoms with van der Waals surface area (Å²) < 4.78 is 6.18. The van der Waals surface area contributed by atoms with E-state index in [2.05, 4.69) is 32.1 Å². The van der Waals surface area contributed by atoms with Crippen molar-refractivity contribution in [2.45, 2.75) is 33.1 Å². The third-order valence-corrected chi connectivity index (χ3v) is 5.12. The summed E-state index contributed by atoms with van der Waals surface area (Å²) in [6.07, 6.45) is 0.749. The van der Waals surface area contributed by atoms with E-state index < -0.39 is 11.8 Å². The van der Waals surface area contributed by atoms with Gasteiger partial charge >= 0.3 is 0 Å². The molecule has 0 fully saturated rings. The molecule has 0 heterocycles. The number of rotatable bonds is 8. The highest BCUT2D eigenvalue weighted by atomic mass is 79.9. The van der Waals surface area contributed by atoms with Gasteiger partial charge in [0.05, 0.1) is 11.1 Å². The summed E-state index contributed by atoms with van der Waals surface area (Å²) in [5, 5.41) is 3.26. The monoisotopic (exact) mass is 495 g/mol. The van der Waals surface area contributed by atoms with E-state index in [1.807, 2.05) is 6.92 Å². The van der Waals surface area contributed by atoms with Gasteiger partial charge in [0.2, 0.25) is 11.8 Å². The third kappa shape index (κ3) is 7.03. The van der Waals surface area contributed by atoms with Crippen LogP contribution in [0.3, 0.4) is 0 Å². The van der Waals surface area contributed by atoms with Gasteiger partial charge in [-0.1, -0.05) is 24.6 Å². The molecule has 2 aromatic carbocycles. The summed E-state index contributed by atoms with van der Waals surface area (Å²) in [6, 6.07) is 10.1. The molecule has 0 saturated heterocycles. The van der Waals surface area contributed by atoms with Crippen LogP contribution in [0, 0.1) is 6.92 Å². The average Bonchev–Trinajstić information content (AvgIpc) is 2.72. The molecule has 0 saturated carbocycles. The van der Waals surface area contributed by atoms with Crippen LogP contribution in [0.25, 0.3) is 0 Å². The number of anilines is 1. The molecule has 0 aromatic heterocycles. The summed E-state index contributed by atoms with van der Waals surface area (Å²) >= 11 is 9.38. The number of carbonyl (C=O) groups excluding carboxylic acids is 3. The fraction of sp³-hybridized carbons (Fsp3) is 0.286. The van der Waals surface area contributed by atoms with Crippen molar-refractivity contribution in [3.05, 3.63) is 57.0 Å². The lowest BCUT2D eigenvalue weighted by Gasteiger charge is -2.11. The topological polar surface area (TPSA) is 96.5 Å². The molecule has 0 aliphatic carbocycles. The van der Waals surface area contributed by atoms with Crippen LogP contribution in [0.5, 0.6) is 5.75 Å². The van der Waals surface area contributed by atoms with Crippen LogP contribution in [0.1, 0.15) is 42.1 Å². The molecule has 2 rings (SSSR count). The molecule has 0 radical (unpaired) electrons. The van der Waals surface area contributed by atoms with E-state index in [9.17, 15) is 14.4 Å². The number of ether oxygens (including phenoxy) is 1. The summed E-state index contributed by atoms with van der Waals surface area (Å²) in [6.45, 7) is 4.37. The van der Waals surface area contributed by atoms with Crippen LogP contribution in [-0.4, -0.2) is 24.3 Å². The van der Waals surface area contributed by atoms with E-state index in [1.165, 1.54) is 0 Å². The van der Waals surface area contributed by atoms with E-state index in [4.69, 9.17) is 16.3 Å². The minimum Gasteiger partial charge on any atom is -0.492 e. The van der Waals surface area contributed by atoms with Crippen molar-refractivity contribution < 1.29 is 19.1 Å². The molecule has 0 atom stereocenters. The molecule has 3 N–H and O–H groups in total. The number of benzene rings is 2. The zero-order valence-corrected chi connectivity index (χ0v) is 19.0. The second kappa shape index (κ2) is 11.6. The zero-order valence-electron chi connectivity index (χ0n) is 16.7. The van der Waals surface area contributed by atoms with Gasteiger partial charge in [0.25, 0.3) is 5.91 Å². The molecule has 0 spiro atoms. The molecule has 7 nitrogen and oxygen atoms in total. The Kier molecular flexibility index (Phi) is 9.14. The molecule has 2 aromatic rings. The van der Waals surface area contributed by atoms with Crippen LogP contribution in [0.4, 0.5) is 5.69 Å². The van der Waals surface area contributed by atoms with Crippen molar-refractivity contribution in [1.82, 2.24) is 10.9 Å². The van der Waals surface area contributed by atoms with Crippen LogP contribution in [-0.2, 0) is 9.59 Å². The first-order chi connectivity index (χ1) is 14.3. The Morgan fingerprint density at radius 3 is 2.50 bits per heavy atom. The number of nitrogens with one attached hydrogen (secondary N) is 3. The smallest absolute Gasteiger partial charge is 0.269 e. The van der Waals surface area contributed by atoms with Crippen molar-refractivity contribution in [2.75, 3.05) is 11.9 Å². The maximum Gasteiger partial charge on any atom is 0.269 e. The first-order valence-electron chi connectivity index (χ1n) is 9.38. The lowest BCUT2D eigenvalue weighted by Crippen LogP contribution is -2.41. The van der Waals surface area contributed by atoms with E-state index >= 15 is 0 Å². The first-order valence-corrected chi connectivity index (χ1v) is 10.6. The van der Waals surface area contributed by atoms with Gasteiger partial charge < -0.3 is 10.1 Å². The van der Waals surface area contributed by atoms with Gasteiger partial charge in [-0.2, -0.15) is 0 Å². The summed E-state index contributed by atoms with van der Waals surface area (Å²) in [4.78, 5) is 36.2. The second-order valence-electron chi connectivity index (χ2n) is 6.46. The number of amides is 3. The molecule has 3 amide bonds. The Morgan fingerprint density at radius 1 is 1.07 bits per heavy atom. The molecular weight excluding hydrogens is 474 g/mol. The first kappa shape index (κ1) is 23.7. The minimum absolute atomic E-state index is 0.0390. The van der Waals surface area contributed by atoms with Crippen LogP contribution < -0.4 is 20.9 Å². The predicted molar refractivity (Wildman–Crippen MR) is 120 cm³/mol. The predicted octanol–water partition coefficient (Wildman–Crippen LogP) is 4.38. The second-order valence-corrected chi connectivity index (χ2v) is 7.72. The van der Waals surface area contributed by atoms with Crippen molar-refractivity contribution in [1.29, 1.82) is 0 Å². The minimum atomic E-state index is -0.483. The van der Waals surface area contributed by atoms with Crippen LogP contribution >= 0.6 is 27.5 Å². The highest BCUT2D eigenvalue weighted by molar-refractivity contribution is 9.10. The van der Waals surface area contributed by atoms with E-state index in [0.29, 0.717) is 33.1 Å². The van der Waals surface area contributed by atoms with Crippen LogP contribution in [0.15, 0.2) is 40.9 Å². The van der Waals surface area contributed by atoms with Gasteiger partial charge in [0.15, 0.2) is 0 Å². The van der Waals surface area contributed by atoms with Crippen molar-refractivity contribution in [3.63, 3.8) is 0 Å². The quantitative estimate of drug-likeness (QED) is 0.473. The Labute approximate surface area is 188 Å². The van der Waals surface area contributed by atoms with Gasteiger partial charge in [-0.05, 0) is 65.2 Å². The molecule has 0 aliphatic heterocycles. The molecule has 9 heteroatoms. The SMILES string of the molecule is CCCOc1ccc(C(=O)NNC(=O)CCC(=O)Nc2cccc(Cl)c2C)cc1Br. The molecule has 160 valence electrons. The number of halogens is 2.